The maximum absolute atomic E-state index is 12.2. The average molecular weight is 528 g/mol. The van der Waals surface area contributed by atoms with Crippen molar-refractivity contribution in [3.63, 3.8) is 0 Å². The Morgan fingerprint density at radius 2 is 1.47 bits per heavy atom. The number of nitrogens with zero attached hydrogens (tertiary/aromatic N) is 4. The predicted molar refractivity (Wildman–Crippen MR) is 153 cm³/mol. The molecule has 2 rings (SSSR count). The summed E-state index contributed by atoms with van der Waals surface area (Å²) < 4.78 is 4.86. The zero-order valence-corrected chi connectivity index (χ0v) is 23.4. The number of esters is 1. The van der Waals surface area contributed by atoms with Crippen LogP contribution in [-0.2, 0) is 4.74 Å². The summed E-state index contributed by atoms with van der Waals surface area (Å²) in [6.45, 7) is 2.85. The minimum atomic E-state index is -0.527. The van der Waals surface area contributed by atoms with Crippen molar-refractivity contribution < 1.29 is 14.5 Å². The van der Waals surface area contributed by atoms with Crippen molar-refractivity contribution >= 4 is 29.0 Å². The lowest BCUT2D eigenvalue weighted by Gasteiger charge is -2.21. The Bertz CT molecular complexity index is 985. The molecular weight excluding hydrogens is 482 g/mol. The normalized spacial score (nSPS) is 10.8. The van der Waals surface area contributed by atoms with Gasteiger partial charge in [-0.05, 0) is 18.6 Å². The van der Waals surface area contributed by atoms with Crippen molar-refractivity contribution in [2.75, 3.05) is 30.9 Å². The minimum Gasteiger partial charge on any atom is -0.465 e. The third-order valence-corrected chi connectivity index (χ3v) is 6.80. The second-order valence-electron chi connectivity index (χ2n) is 9.74. The van der Waals surface area contributed by atoms with Crippen LogP contribution in [0, 0.1) is 10.1 Å². The van der Waals surface area contributed by atoms with Gasteiger partial charge in [0.15, 0.2) is 0 Å². The van der Waals surface area contributed by atoms with Crippen LogP contribution in [0.25, 0.3) is 0 Å². The van der Waals surface area contributed by atoms with E-state index >= 15 is 0 Å². The van der Waals surface area contributed by atoms with Gasteiger partial charge in [0.2, 0.25) is 11.6 Å². The number of rotatable bonds is 20. The molecule has 0 amide bonds. The number of carbonyl (C=O) groups is 1. The van der Waals surface area contributed by atoms with Crippen molar-refractivity contribution in [2.45, 2.75) is 96.8 Å². The predicted octanol–water partition coefficient (Wildman–Crippen LogP) is 7.83. The van der Waals surface area contributed by atoms with Crippen LogP contribution in [0.1, 0.15) is 107 Å². The number of aromatic nitrogens is 2. The van der Waals surface area contributed by atoms with E-state index in [0.717, 1.165) is 12.8 Å². The highest BCUT2D eigenvalue weighted by Crippen LogP contribution is 2.36. The first-order valence-electron chi connectivity index (χ1n) is 14.2. The molecule has 1 aromatic heterocycles. The highest BCUT2D eigenvalue weighted by Gasteiger charge is 2.28. The summed E-state index contributed by atoms with van der Waals surface area (Å²) in [5, 5.41) is 15.1. The maximum atomic E-state index is 12.2. The molecule has 0 saturated carbocycles. The Morgan fingerprint density at radius 3 is 2.03 bits per heavy atom. The summed E-state index contributed by atoms with van der Waals surface area (Å²) in [7, 11) is 2.93. The molecule has 1 aromatic carbocycles. The van der Waals surface area contributed by atoms with Gasteiger partial charge in [0.05, 0.1) is 23.3 Å². The minimum absolute atomic E-state index is 0.102. The molecule has 0 bridgehead atoms. The SMILES string of the molecule is CCCCCCCCCCCCCCCCNc1ncnc(N(C)c2ccccc2C(=O)OC)c1[N+](=O)[O-]. The third-order valence-electron chi connectivity index (χ3n) is 6.80. The molecule has 0 aliphatic rings. The molecule has 9 nitrogen and oxygen atoms in total. The lowest BCUT2D eigenvalue weighted by atomic mass is 10.0. The molecule has 210 valence electrons. The van der Waals surface area contributed by atoms with E-state index in [0.29, 0.717) is 17.8 Å². The second-order valence-corrected chi connectivity index (χ2v) is 9.74. The highest BCUT2D eigenvalue weighted by molar-refractivity contribution is 5.97. The first-order chi connectivity index (χ1) is 18.5. The van der Waals surface area contributed by atoms with Gasteiger partial charge in [0.25, 0.3) is 0 Å². The van der Waals surface area contributed by atoms with Gasteiger partial charge < -0.3 is 15.0 Å². The van der Waals surface area contributed by atoms with Crippen LogP contribution >= 0.6 is 0 Å². The Hall–Kier alpha value is -3.23. The number of unbranched alkanes of at least 4 members (excludes halogenated alkanes) is 13. The number of carbonyl (C=O) groups excluding carboxylic acids is 1. The molecule has 0 fully saturated rings. The van der Waals surface area contributed by atoms with Gasteiger partial charge in [-0.1, -0.05) is 103 Å². The highest BCUT2D eigenvalue weighted by atomic mass is 16.6. The van der Waals surface area contributed by atoms with Gasteiger partial charge in [0.1, 0.15) is 6.33 Å². The van der Waals surface area contributed by atoms with Crippen molar-refractivity contribution in [1.29, 1.82) is 0 Å². The first kappa shape index (κ1) is 31.0. The van der Waals surface area contributed by atoms with E-state index in [-0.39, 0.29) is 17.3 Å². The van der Waals surface area contributed by atoms with E-state index < -0.39 is 10.9 Å². The number of hydrogen-bond donors (Lipinski definition) is 1. The monoisotopic (exact) mass is 527 g/mol. The van der Waals surface area contributed by atoms with Gasteiger partial charge in [-0.15, -0.1) is 0 Å². The Balaban J connectivity index is 1.78. The standard InChI is InChI=1S/C29H45N5O4/c1-4-5-6-7-8-9-10-11-12-13-14-15-16-19-22-30-27-26(34(36)37)28(32-23-31-27)33(2)25-21-18-17-20-24(25)29(35)38-3/h17-18,20-21,23H,4-16,19,22H2,1-3H3,(H,30,31,32). The molecule has 1 heterocycles. The van der Waals surface area contributed by atoms with Gasteiger partial charge in [-0.3, -0.25) is 10.1 Å². The van der Waals surface area contributed by atoms with E-state index in [4.69, 9.17) is 4.74 Å². The van der Waals surface area contributed by atoms with E-state index in [1.807, 2.05) is 0 Å². The van der Waals surface area contributed by atoms with Crippen LogP contribution in [0.15, 0.2) is 30.6 Å². The van der Waals surface area contributed by atoms with Crippen molar-refractivity contribution in [3.8, 4) is 0 Å². The van der Waals surface area contributed by atoms with E-state index in [2.05, 4.69) is 22.2 Å². The fraction of sp³-hybridized carbons (Fsp3) is 0.621. The molecule has 0 radical (unpaired) electrons. The van der Waals surface area contributed by atoms with Crippen molar-refractivity contribution in [3.05, 3.63) is 46.3 Å². The van der Waals surface area contributed by atoms with Crippen LogP contribution < -0.4 is 10.2 Å². The average Bonchev–Trinajstić information content (AvgIpc) is 2.94. The lowest BCUT2D eigenvalue weighted by Crippen LogP contribution is -2.18. The molecule has 0 aliphatic heterocycles. The Kier molecular flexibility index (Phi) is 14.8. The van der Waals surface area contributed by atoms with E-state index in [1.165, 1.54) is 95.4 Å². The number of ether oxygens (including phenoxy) is 1. The number of benzene rings is 1. The van der Waals surface area contributed by atoms with Gasteiger partial charge in [-0.2, -0.15) is 0 Å². The van der Waals surface area contributed by atoms with Gasteiger partial charge in [-0.25, -0.2) is 14.8 Å². The first-order valence-corrected chi connectivity index (χ1v) is 14.2. The molecule has 0 spiro atoms. The fourth-order valence-corrected chi connectivity index (χ4v) is 4.60. The largest absolute Gasteiger partial charge is 0.465 e. The Labute approximate surface area is 227 Å². The van der Waals surface area contributed by atoms with E-state index in [1.54, 1.807) is 31.3 Å². The maximum Gasteiger partial charge on any atom is 0.353 e. The smallest absolute Gasteiger partial charge is 0.353 e. The van der Waals surface area contributed by atoms with Crippen molar-refractivity contribution in [2.24, 2.45) is 0 Å². The summed E-state index contributed by atoms with van der Waals surface area (Å²) in [5.41, 5.74) is 0.529. The molecule has 0 unspecified atom stereocenters. The Morgan fingerprint density at radius 1 is 0.921 bits per heavy atom. The summed E-state index contributed by atoms with van der Waals surface area (Å²) >= 11 is 0. The van der Waals surface area contributed by atoms with Crippen molar-refractivity contribution in [1.82, 2.24) is 9.97 Å². The summed E-state index contributed by atoms with van der Waals surface area (Å²) in [6.07, 6.45) is 19.2. The topological polar surface area (TPSA) is 110 Å². The molecule has 38 heavy (non-hydrogen) atoms. The molecule has 0 atom stereocenters. The molecule has 9 heteroatoms. The van der Waals surface area contributed by atoms with Crippen LogP contribution in [-0.4, -0.2) is 41.6 Å². The number of nitrogens with one attached hydrogen (secondary N) is 1. The van der Waals surface area contributed by atoms with Crippen LogP contribution in [0.5, 0.6) is 0 Å². The summed E-state index contributed by atoms with van der Waals surface area (Å²) in [6, 6.07) is 6.76. The quantitative estimate of drug-likeness (QED) is 0.0802. The number of nitro groups is 1. The van der Waals surface area contributed by atoms with Crippen LogP contribution in [0.4, 0.5) is 23.0 Å². The molecular formula is C29H45N5O4. The van der Waals surface area contributed by atoms with Gasteiger partial charge in [0, 0.05) is 13.6 Å². The lowest BCUT2D eigenvalue weighted by molar-refractivity contribution is -0.383. The fourth-order valence-electron chi connectivity index (χ4n) is 4.60. The zero-order chi connectivity index (χ0) is 27.6. The number of hydrogen-bond acceptors (Lipinski definition) is 8. The molecule has 0 saturated heterocycles. The third kappa shape index (κ3) is 10.3. The molecule has 2 aromatic rings. The zero-order valence-electron chi connectivity index (χ0n) is 23.4. The molecule has 0 aliphatic carbocycles. The van der Waals surface area contributed by atoms with Crippen LogP contribution in [0.3, 0.4) is 0 Å². The van der Waals surface area contributed by atoms with Crippen LogP contribution in [0.2, 0.25) is 0 Å². The second kappa shape index (κ2) is 18.1. The molecule has 1 N–H and O–H groups in total. The summed E-state index contributed by atoms with van der Waals surface area (Å²) in [4.78, 5) is 33.5. The number of para-hydroxylation sites is 1. The number of methoxy groups -OCH3 is 1. The van der Waals surface area contributed by atoms with E-state index in [9.17, 15) is 14.9 Å². The van der Waals surface area contributed by atoms with Gasteiger partial charge >= 0.3 is 11.7 Å². The number of anilines is 3. The summed E-state index contributed by atoms with van der Waals surface area (Å²) in [5.74, 6) is -0.248.